The molecule has 1 amide bonds. The second kappa shape index (κ2) is 9.52. The van der Waals surface area contributed by atoms with Crippen molar-refractivity contribution in [3.63, 3.8) is 0 Å². The van der Waals surface area contributed by atoms with Gasteiger partial charge in [-0.3, -0.25) is 4.79 Å². The lowest BCUT2D eigenvalue weighted by molar-refractivity contribution is -0.921. The van der Waals surface area contributed by atoms with E-state index in [0.717, 1.165) is 39.3 Å². The number of ether oxygens (including phenoxy) is 2. The Morgan fingerprint density at radius 3 is 2.25 bits per heavy atom. The van der Waals surface area contributed by atoms with Crippen molar-refractivity contribution in [1.82, 2.24) is 5.32 Å². The summed E-state index contributed by atoms with van der Waals surface area (Å²) in [5.74, 6) is -0.760. The van der Waals surface area contributed by atoms with Crippen LogP contribution in [-0.4, -0.2) is 50.3 Å². The van der Waals surface area contributed by atoms with Crippen molar-refractivity contribution in [2.75, 3.05) is 32.9 Å². The van der Waals surface area contributed by atoms with Crippen LogP contribution in [-0.2, 0) is 20.8 Å². The maximum absolute atomic E-state index is 12.2. The van der Waals surface area contributed by atoms with E-state index in [9.17, 15) is 9.59 Å². The Balaban J connectivity index is 1.79. The van der Waals surface area contributed by atoms with E-state index in [1.165, 1.54) is 10.5 Å². The lowest BCUT2D eigenvalue weighted by atomic mass is 9.82. The van der Waals surface area contributed by atoms with Crippen molar-refractivity contribution in [1.29, 1.82) is 0 Å². The first-order valence-electron chi connectivity index (χ1n) is 10.0. The number of amides is 1. The molecular weight excluding hydrogens is 356 g/mol. The predicted molar refractivity (Wildman–Crippen MR) is 108 cm³/mol. The SMILES string of the molecule is CC(C)(C)CC(C)(C)NC(=O)COC(=O)c1ccc(C[NH+]2CCOCC2)cc1. The first-order valence-corrected chi connectivity index (χ1v) is 10.0. The molecule has 1 aliphatic heterocycles. The first kappa shape index (κ1) is 22.4. The minimum atomic E-state index is -0.478. The van der Waals surface area contributed by atoms with Crippen molar-refractivity contribution in [2.24, 2.45) is 5.41 Å². The molecule has 0 radical (unpaired) electrons. The van der Waals surface area contributed by atoms with Gasteiger partial charge in [-0.15, -0.1) is 0 Å². The smallest absolute Gasteiger partial charge is 0.338 e. The summed E-state index contributed by atoms with van der Waals surface area (Å²) in [6, 6.07) is 7.43. The minimum absolute atomic E-state index is 0.0954. The van der Waals surface area contributed by atoms with Crippen molar-refractivity contribution in [3.8, 4) is 0 Å². The predicted octanol–water partition coefficient (Wildman–Crippen LogP) is 1.59. The highest BCUT2D eigenvalue weighted by atomic mass is 16.5. The van der Waals surface area contributed by atoms with Gasteiger partial charge in [0.1, 0.15) is 19.6 Å². The molecule has 156 valence electrons. The number of benzene rings is 1. The standard InChI is InChI=1S/C22H34N2O4/c1-21(2,3)16-22(4,5)23-19(25)15-28-20(26)18-8-6-17(7-9-18)14-24-10-12-27-13-11-24/h6-9H,10-16H2,1-5H3,(H,23,25)/p+1. The van der Waals surface area contributed by atoms with Crippen molar-refractivity contribution >= 4 is 11.9 Å². The fourth-order valence-electron chi connectivity index (χ4n) is 3.88. The van der Waals surface area contributed by atoms with E-state index >= 15 is 0 Å². The van der Waals surface area contributed by atoms with Gasteiger partial charge in [-0.2, -0.15) is 0 Å². The van der Waals surface area contributed by atoms with Crippen molar-refractivity contribution < 1.29 is 24.0 Å². The second-order valence-electron chi connectivity index (χ2n) is 9.48. The topological polar surface area (TPSA) is 69.1 Å². The number of carbonyl (C=O) groups is 2. The number of esters is 1. The zero-order valence-electron chi connectivity index (χ0n) is 17.9. The van der Waals surface area contributed by atoms with Crippen LogP contribution in [0.1, 0.15) is 57.0 Å². The summed E-state index contributed by atoms with van der Waals surface area (Å²) < 4.78 is 10.6. The van der Waals surface area contributed by atoms with E-state index in [2.05, 4.69) is 26.1 Å². The molecule has 0 aromatic heterocycles. The molecule has 6 heteroatoms. The molecule has 1 aromatic carbocycles. The van der Waals surface area contributed by atoms with E-state index < -0.39 is 5.97 Å². The van der Waals surface area contributed by atoms with Gasteiger partial charge in [0.15, 0.2) is 6.61 Å². The Hall–Kier alpha value is -1.92. The molecule has 0 saturated carbocycles. The number of rotatable bonds is 7. The summed E-state index contributed by atoms with van der Waals surface area (Å²) >= 11 is 0. The fourth-order valence-corrected chi connectivity index (χ4v) is 3.88. The summed E-state index contributed by atoms with van der Waals surface area (Å²) in [7, 11) is 0. The molecule has 1 aliphatic rings. The van der Waals surface area contributed by atoms with Crippen LogP contribution in [0.3, 0.4) is 0 Å². The molecule has 2 N–H and O–H groups in total. The van der Waals surface area contributed by atoms with Gasteiger partial charge in [-0.05, 0) is 37.8 Å². The van der Waals surface area contributed by atoms with Gasteiger partial charge in [-0.1, -0.05) is 32.9 Å². The summed E-state index contributed by atoms with van der Waals surface area (Å²) in [6.45, 7) is 14.6. The third-order valence-electron chi connectivity index (χ3n) is 4.63. The Kier molecular flexibility index (Phi) is 7.61. The molecular formula is C22H35N2O4+. The average Bonchev–Trinajstić information content (AvgIpc) is 2.58. The molecule has 0 bridgehead atoms. The Labute approximate surface area is 168 Å². The zero-order valence-corrected chi connectivity index (χ0v) is 17.9. The fraction of sp³-hybridized carbons (Fsp3) is 0.636. The van der Waals surface area contributed by atoms with Gasteiger partial charge in [0.25, 0.3) is 5.91 Å². The van der Waals surface area contributed by atoms with Gasteiger partial charge >= 0.3 is 5.97 Å². The highest BCUT2D eigenvalue weighted by Crippen LogP contribution is 2.26. The largest absolute Gasteiger partial charge is 0.452 e. The van der Waals surface area contributed by atoms with Gasteiger partial charge < -0.3 is 19.7 Å². The Morgan fingerprint density at radius 2 is 1.68 bits per heavy atom. The van der Waals surface area contributed by atoms with Crippen LogP contribution in [0.2, 0.25) is 0 Å². The Morgan fingerprint density at radius 1 is 1.07 bits per heavy atom. The highest BCUT2D eigenvalue weighted by Gasteiger charge is 2.27. The molecule has 0 unspecified atom stereocenters. The lowest BCUT2D eigenvalue weighted by Crippen LogP contribution is -3.12. The van der Waals surface area contributed by atoms with Gasteiger partial charge in [0.2, 0.25) is 0 Å². The molecule has 1 saturated heterocycles. The van der Waals surface area contributed by atoms with E-state index in [1.807, 2.05) is 26.0 Å². The van der Waals surface area contributed by atoms with E-state index in [4.69, 9.17) is 9.47 Å². The van der Waals surface area contributed by atoms with Crippen LogP contribution in [0.5, 0.6) is 0 Å². The third-order valence-corrected chi connectivity index (χ3v) is 4.63. The highest BCUT2D eigenvalue weighted by molar-refractivity contribution is 5.91. The molecule has 28 heavy (non-hydrogen) atoms. The first-order chi connectivity index (χ1) is 13.0. The summed E-state index contributed by atoms with van der Waals surface area (Å²) in [4.78, 5) is 25.9. The van der Waals surface area contributed by atoms with Crippen molar-refractivity contribution in [2.45, 2.75) is 53.1 Å². The summed E-state index contributed by atoms with van der Waals surface area (Å²) in [5.41, 5.74) is 1.38. The number of hydrogen-bond acceptors (Lipinski definition) is 4. The van der Waals surface area contributed by atoms with Crippen LogP contribution in [0.25, 0.3) is 0 Å². The molecule has 0 atom stereocenters. The molecule has 2 rings (SSSR count). The number of morpholine rings is 1. The number of carbonyl (C=O) groups excluding carboxylic acids is 2. The van der Waals surface area contributed by atoms with Crippen LogP contribution in [0.15, 0.2) is 24.3 Å². The van der Waals surface area contributed by atoms with Crippen molar-refractivity contribution in [3.05, 3.63) is 35.4 Å². The van der Waals surface area contributed by atoms with Crippen LogP contribution >= 0.6 is 0 Å². The molecule has 0 spiro atoms. The van der Waals surface area contributed by atoms with Crippen LogP contribution in [0, 0.1) is 5.41 Å². The number of hydrogen-bond donors (Lipinski definition) is 2. The third kappa shape index (κ3) is 7.98. The molecule has 6 nitrogen and oxygen atoms in total. The van der Waals surface area contributed by atoms with Gasteiger partial charge in [-0.25, -0.2) is 4.79 Å². The van der Waals surface area contributed by atoms with Crippen LogP contribution < -0.4 is 10.2 Å². The minimum Gasteiger partial charge on any atom is -0.452 e. The quantitative estimate of drug-likeness (QED) is 0.693. The monoisotopic (exact) mass is 391 g/mol. The van der Waals surface area contributed by atoms with E-state index in [1.54, 1.807) is 12.1 Å². The van der Waals surface area contributed by atoms with E-state index in [0.29, 0.717) is 5.56 Å². The molecule has 1 aromatic rings. The molecule has 1 fully saturated rings. The van der Waals surface area contributed by atoms with E-state index in [-0.39, 0.29) is 23.5 Å². The second-order valence-corrected chi connectivity index (χ2v) is 9.48. The average molecular weight is 392 g/mol. The van der Waals surface area contributed by atoms with Gasteiger partial charge in [0.05, 0.1) is 18.8 Å². The number of nitrogens with one attached hydrogen (secondary N) is 2. The molecule has 1 heterocycles. The Bertz CT molecular complexity index is 656. The lowest BCUT2D eigenvalue weighted by Gasteiger charge is -2.33. The summed E-state index contributed by atoms with van der Waals surface area (Å²) in [6.07, 6.45) is 0.826. The molecule has 0 aliphatic carbocycles. The summed E-state index contributed by atoms with van der Waals surface area (Å²) in [5, 5.41) is 2.95. The zero-order chi connectivity index (χ0) is 20.8. The number of quaternary nitrogens is 1. The van der Waals surface area contributed by atoms with Crippen LogP contribution in [0.4, 0.5) is 0 Å². The van der Waals surface area contributed by atoms with Gasteiger partial charge in [0, 0.05) is 11.1 Å². The maximum Gasteiger partial charge on any atom is 0.338 e. The normalized spacial score (nSPS) is 15.9. The maximum atomic E-state index is 12.2.